The molecule has 3 rings (SSSR count). The Hall–Kier alpha value is -0.810. The number of halogens is 2. The van der Waals surface area contributed by atoms with Gasteiger partial charge in [0, 0.05) is 19.1 Å². The molecule has 3 N–H and O–H groups in total. The van der Waals surface area contributed by atoms with Crippen molar-refractivity contribution in [3.63, 3.8) is 0 Å². The van der Waals surface area contributed by atoms with Gasteiger partial charge in [0.05, 0.1) is 17.6 Å². The summed E-state index contributed by atoms with van der Waals surface area (Å²) in [5.74, 6) is 1.06. The molecule has 2 aromatic rings. The summed E-state index contributed by atoms with van der Waals surface area (Å²) in [6, 6.07) is 8.55. The van der Waals surface area contributed by atoms with Crippen molar-refractivity contribution in [1.29, 1.82) is 0 Å². The normalized spacial score (nSPS) is 16.9. The third-order valence-corrected chi connectivity index (χ3v) is 3.44. The van der Waals surface area contributed by atoms with Crippen LogP contribution >= 0.6 is 24.8 Å². The number of aromatic amines is 1. The summed E-state index contributed by atoms with van der Waals surface area (Å²) in [7, 11) is 0. The number of nitrogens with one attached hydrogen (secondary N) is 1. The topological polar surface area (TPSA) is 57.9 Å². The van der Waals surface area contributed by atoms with E-state index < -0.39 is 0 Å². The van der Waals surface area contributed by atoms with Gasteiger partial charge in [-0.2, -0.15) is 0 Å². The lowest BCUT2D eigenvalue weighted by atomic mass is 10.1. The molecule has 19 heavy (non-hydrogen) atoms. The number of para-hydroxylation sites is 2. The van der Waals surface area contributed by atoms with E-state index in [4.69, 9.17) is 5.73 Å². The van der Waals surface area contributed by atoms with E-state index in [0.717, 1.165) is 49.3 Å². The van der Waals surface area contributed by atoms with Crippen LogP contribution in [0, 0.1) is 0 Å². The van der Waals surface area contributed by atoms with E-state index in [1.54, 1.807) is 0 Å². The Morgan fingerprint density at radius 2 is 1.89 bits per heavy atom. The molecule has 1 aromatic carbocycles. The highest BCUT2D eigenvalue weighted by molar-refractivity contribution is 5.85. The Morgan fingerprint density at radius 1 is 1.21 bits per heavy atom. The molecule has 0 bridgehead atoms. The average molecular weight is 303 g/mol. The zero-order valence-electron chi connectivity index (χ0n) is 10.7. The monoisotopic (exact) mass is 302 g/mol. The average Bonchev–Trinajstić information content (AvgIpc) is 2.74. The van der Waals surface area contributed by atoms with Crippen molar-refractivity contribution >= 4 is 35.8 Å². The number of benzene rings is 1. The van der Waals surface area contributed by atoms with Gasteiger partial charge in [0.15, 0.2) is 0 Å². The van der Waals surface area contributed by atoms with Crippen molar-refractivity contribution in [3.05, 3.63) is 30.1 Å². The minimum Gasteiger partial charge on any atom is -0.341 e. The van der Waals surface area contributed by atoms with E-state index in [2.05, 4.69) is 20.9 Å². The fraction of sp³-hybridized carbons (Fsp3) is 0.462. The minimum absolute atomic E-state index is 0. The molecule has 106 valence electrons. The standard InChI is InChI=1S/C13H18N4.2ClH/c14-10-5-7-17(8-6-10)9-13-15-11-3-1-2-4-12(11)16-13;;/h1-4,10H,5-9,14H2,(H,15,16);2*1H. The molecule has 1 aliphatic rings. The van der Waals surface area contributed by atoms with Crippen molar-refractivity contribution in [1.82, 2.24) is 14.9 Å². The molecule has 4 nitrogen and oxygen atoms in total. The fourth-order valence-electron chi connectivity index (χ4n) is 2.40. The summed E-state index contributed by atoms with van der Waals surface area (Å²) in [6.45, 7) is 3.07. The van der Waals surface area contributed by atoms with Crippen LogP contribution in [0.3, 0.4) is 0 Å². The van der Waals surface area contributed by atoms with Crippen molar-refractivity contribution in [2.24, 2.45) is 5.73 Å². The number of nitrogens with two attached hydrogens (primary N) is 1. The summed E-state index contributed by atoms with van der Waals surface area (Å²) >= 11 is 0. The molecule has 6 heteroatoms. The lowest BCUT2D eigenvalue weighted by Crippen LogP contribution is -2.39. The smallest absolute Gasteiger partial charge is 0.121 e. The molecule has 0 spiro atoms. The van der Waals surface area contributed by atoms with Gasteiger partial charge in [0.1, 0.15) is 5.82 Å². The first-order valence-corrected chi connectivity index (χ1v) is 6.23. The first-order chi connectivity index (χ1) is 8.31. The Labute approximate surface area is 125 Å². The van der Waals surface area contributed by atoms with Gasteiger partial charge in [-0.05, 0) is 25.0 Å². The van der Waals surface area contributed by atoms with Crippen LogP contribution in [0.4, 0.5) is 0 Å². The molecule has 1 saturated heterocycles. The second-order valence-electron chi connectivity index (χ2n) is 4.81. The van der Waals surface area contributed by atoms with Gasteiger partial charge in [-0.15, -0.1) is 24.8 Å². The van der Waals surface area contributed by atoms with E-state index in [1.807, 2.05) is 18.2 Å². The quantitative estimate of drug-likeness (QED) is 0.895. The molecule has 1 aromatic heterocycles. The van der Waals surface area contributed by atoms with Crippen LogP contribution < -0.4 is 5.73 Å². The number of hydrogen-bond acceptors (Lipinski definition) is 3. The molecule has 0 radical (unpaired) electrons. The van der Waals surface area contributed by atoms with Crippen LogP contribution in [0.5, 0.6) is 0 Å². The van der Waals surface area contributed by atoms with Crippen molar-refractivity contribution in [2.75, 3.05) is 13.1 Å². The molecule has 1 aliphatic heterocycles. The lowest BCUT2D eigenvalue weighted by Gasteiger charge is -2.29. The highest BCUT2D eigenvalue weighted by Gasteiger charge is 2.17. The van der Waals surface area contributed by atoms with Gasteiger partial charge >= 0.3 is 0 Å². The Balaban J connectivity index is 0.000000902. The van der Waals surface area contributed by atoms with Crippen molar-refractivity contribution in [2.45, 2.75) is 25.4 Å². The number of fused-ring (bicyclic) bond motifs is 1. The predicted molar refractivity (Wildman–Crippen MR) is 83.1 cm³/mol. The van der Waals surface area contributed by atoms with Gasteiger partial charge in [-0.3, -0.25) is 4.90 Å². The number of imidazole rings is 1. The molecule has 2 heterocycles. The third kappa shape index (κ3) is 3.83. The minimum atomic E-state index is 0. The number of nitrogens with zero attached hydrogens (tertiary/aromatic N) is 2. The molecule has 0 unspecified atom stereocenters. The van der Waals surface area contributed by atoms with Crippen LogP contribution in [-0.4, -0.2) is 34.0 Å². The van der Waals surface area contributed by atoms with E-state index >= 15 is 0 Å². The molecule has 0 aliphatic carbocycles. The van der Waals surface area contributed by atoms with Gasteiger partial charge in [0.2, 0.25) is 0 Å². The maximum atomic E-state index is 5.90. The third-order valence-electron chi connectivity index (χ3n) is 3.44. The second-order valence-corrected chi connectivity index (χ2v) is 4.81. The first-order valence-electron chi connectivity index (χ1n) is 6.23. The number of likely N-dealkylation sites (tertiary alicyclic amines) is 1. The van der Waals surface area contributed by atoms with Gasteiger partial charge < -0.3 is 10.7 Å². The fourth-order valence-corrected chi connectivity index (χ4v) is 2.40. The summed E-state index contributed by atoms with van der Waals surface area (Å²) in [5, 5.41) is 0. The largest absolute Gasteiger partial charge is 0.341 e. The highest BCUT2D eigenvalue weighted by atomic mass is 35.5. The SMILES string of the molecule is Cl.Cl.NC1CCN(Cc2nc3ccccc3[nH]2)CC1. The van der Waals surface area contributed by atoms with Crippen molar-refractivity contribution < 1.29 is 0 Å². The van der Waals surface area contributed by atoms with Crippen LogP contribution in [0.2, 0.25) is 0 Å². The Morgan fingerprint density at radius 3 is 2.58 bits per heavy atom. The van der Waals surface area contributed by atoms with Gasteiger partial charge in [-0.1, -0.05) is 12.1 Å². The molecule has 0 atom stereocenters. The molecule has 0 amide bonds. The lowest BCUT2D eigenvalue weighted by molar-refractivity contribution is 0.202. The van der Waals surface area contributed by atoms with E-state index in [9.17, 15) is 0 Å². The maximum Gasteiger partial charge on any atom is 0.121 e. The Kier molecular flexibility index (Phi) is 6.07. The number of rotatable bonds is 2. The Bertz CT molecular complexity index is 473. The first kappa shape index (κ1) is 16.2. The van der Waals surface area contributed by atoms with Crippen LogP contribution in [-0.2, 0) is 6.54 Å². The predicted octanol–water partition coefficient (Wildman–Crippen LogP) is 2.33. The zero-order valence-corrected chi connectivity index (χ0v) is 12.3. The summed E-state index contributed by atoms with van der Waals surface area (Å²) < 4.78 is 0. The molecule has 1 fully saturated rings. The highest BCUT2D eigenvalue weighted by Crippen LogP contribution is 2.14. The molecule has 0 saturated carbocycles. The zero-order chi connectivity index (χ0) is 11.7. The van der Waals surface area contributed by atoms with Gasteiger partial charge in [-0.25, -0.2) is 4.98 Å². The van der Waals surface area contributed by atoms with E-state index in [1.165, 1.54) is 0 Å². The van der Waals surface area contributed by atoms with Gasteiger partial charge in [0.25, 0.3) is 0 Å². The summed E-state index contributed by atoms with van der Waals surface area (Å²) in [6.07, 6.45) is 2.19. The summed E-state index contributed by atoms with van der Waals surface area (Å²) in [5.41, 5.74) is 8.08. The maximum absolute atomic E-state index is 5.90. The van der Waals surface area contributed by atoms with E-state index in [0.29, 0.717) is 6.04 Å². The van der Waals surface area contributed by atoms with Crippen LogP contribution in [0.25, 0.3) is 11.0 Å². The number of aromatic nitrogens is 2. The number of H-pyrrole nitrogens is 1. The molecular weight excluding hydrogens is 283 g/mol. The summed E-state index contributed by atoms with van der Waals surface area (Å²) in [4.78, 5) is 10.4. The van der Waals surface area contributed by atoms with Crippen LogP contribution in [0.15, 0.2) is 24.3 Å². The van der Waals surface area contributed by atoms with Crippen LogP contribution in [0.1, 0.15) is 18.7 Å². The van der Waals surface area contributed by atoms with Crippen molar-refractivity contribution in [3.8, 4) is 0 Å². The number of piperidine rings is 1. The number of hydrogen-bond donors (Lipinski definition) is 2. The molecular formula is C13H20Cl2N4. The second kappa shape index (κ2) is 7.10. The van der Waals surface area contributed by atoms with E-state index in [-0.39, 0.29) is 24.8 Å².